The summed E-state index contributed by atoms with van der Waals surface area (Å²) in [5, 5.41) is 12.3. The molecule has 1 rings (SSSR count). The highest BCUT2D eigenvalue weighted by Gasteiger charge is 2.35. The Hall–Kier alpha value is -1.85. The summed E-state index contributed by atoms with van der Waals surface area (Å²) < 4.78 is 24.8. The summed E-state index contributed by atoms with van der Waals surface area (Å²) in [5.41, 5.74) is 8.63. The average molecular weight is 397 g/mol. The van der Waals surface area contributed by atoms with E-state index in [1.54, 1.807) is 24.3 Å². The quantitative estimate of drug-likeness (QED) is 0.275. The van der Waals surface area contributed by atoms with Gasteiger partial charge in [-0.1, -0.05) is 29.4 Å². The van der Waals surface area contributed by atoms with Crippen LogP contribution in [0.2, 0.25) is 0 Å². The predicted molar refractivity (Wildman–Crippen MR) is 104 cm³/mol. The lowest BCUT2D eigenvalue weighted by Crippen LogP contribution is -2.24. The number of rotatable bonds is 8. The van der Waals surface area contributed by atoms with E-state index < -0.39 is 30.8 Å². The van der Waals surface area contributed by atoms with Crippen molar-refractivity contribution in [2.24, 2.45) is 5.11 Å². The molecule has 0 saturated heterocycles. The van der Waals surface area contributed by atoms with Gasteiger partial charge >= 0.3 is 13.6 Å². The lowest BCUT2D eigenvalue weighted by atomic mass is 10.1. The number of benzene rings is 1. The maximum absolute atomic E-state index is 13.3. The first-order valence-corrected chi connectivity index (χ1v) is 10.3. The molecule has 8 nitrogen and oxygen atoms in total. The minimum absolute atomic E-state index is 0.0777. The van der Waals surface area contributed by atoms with Gasteiger partial charge in [-0.25, -0.2) is 0 Å². The Kier molecular flexibility index (Phi) is 7.64. The van der Waals surface area contributed by atoms with Crippen LogP contribution in [0.15, 0.2) is 29.4 Å². The second kappa shape index (κ2) is 8.89. The van der Waals surface area contributed by atoms with Gasteiger partial charge in [0.2, 0.25) is 0 Å². The molecule has 27 heavy (non-hydrogen) atoms. The average Bonchev–Trinajstić information content (AvgIpc) is 2.44. The third-order valence-corrected chi connectivity index (χ3v) is 5.53. The number of carbonyl (C=O) groups is 1. The second-order valence-electron chi connectivity index (χ2n) is 8.26. The van der Waals surface area contributed by atoms with Crippen LogP contribution in [0.25, 0.3) is 10.4 Å². The molecule has 0 unspecified atom stereocenters. The van der Waals surface area contributed by atoms with Crippen LogP contribution in [0.1, 0.15) is 52.7 Å². The highest BCUT2D eigenvalue weighted by molar-refractivity contribution is 7.53. The summed E-state index contributed by atoms with van der Waals surface area (Å²) in [5.74, 6) is -1.18. The zero-order valence-electron chi connectivity index (χ0n) is 16.7. The third kappa shape index (κ3) is 9.07. The summed E-state index contributed by atoms with van der Waals surface area (Å²) in [6, 6.07) is 5.76. The molecule has 0 spiro atoms. The van der Waals surface area contributed by atoms with E-state index in [0.29, 0.717) is 5.56 Å². The van der Waals surface area contributed by atoms with Crippen LogP contribution < -0.4 is 0 Å². The normalized spacial score (nSPS) is 13.7. The topological polar surface area (TPSA) is 122 Å². The largest absolute Gasteiger partial charge is 0.481 e. The Labute approximate surface area is 160 Å². The van der Waals surface area contributed by atoms with Crippen molar-refractivity contribution >= 4 is 13.6 Å². The number of carboxylic acid groups (broad SMARTS) is 1. The molecule has 0 aliphatic rings. The van der Waals surface area contributed by atoms with Crippen molar-refractivity contribution in [1.82, 2.24) is 0 Å². The second-order valence-corrected chi connectivity index (χ2v) is 10.2. The zero-order chi connectivity index (χ0) is 20.9. The molecule has 0 fully saturated rings. The van der Waals surface area contributed by atoms with Gasteiger partial charge in [-0.15, -0.1) is 0 Å². The van der Waals surface area contributed by atoms with E-state index in [-0.39, 0.29) is 12.6 Å². The summed E-state index contributed by atoms with van der Waals surface area (Å²) >= 11 is 0. The van der Waals surface area contributed by atoms with Crippen molar-refractivity contribution in [3.63, 3.8) is 0 Å². The van der Waals surface area contributed by atoms with Gasteiger partial charge in [0.1, 0.15) is 6.04 Å². The Morgan fingerprint density at radius 3 is 1.93 bits per heavy atom. The summed E-state index contributed by atoms with van der Waals surface area (Å²) in [6.07, 6.45) is 0.175. The SMILES string of the molecule is CC(C)(C)OP(=O)(Cc1ccc(C[C@H](N=[N+]=[N-])C(=O)O)cc1)OC(C)(C)C. The van der Waals surface area contributed by atoms with E-state index in [4.69, 9.17) is 19.7 Å². The molecule has 0 saturated carbocycles. The number of nitrogens with zero attached hydrogens (tertiary/aromatic N) is 3. The Bertz CT molecular complexity index is 722. The number of hydrogen-bond acceptors (Lipinski definition) is 5. The Morgan fingerprint density at radius 2 is 1.56 bits per heavy atom. The predicted octanol–water partition coefficient (Wildman–Crippen LogP) is 5.32. The van der Waals surface area contributed by atoms with Crippen molar-refractivity contribution in [3.8, 4) is 0 Å². The standard InChI is InChI=1S/C18H28N3O5P/c1-17(2,3)25-27(24,26-18(4,5)6)12-14-9-7-13(8-10-14)11-15(16(22)23)20-21-19/h7-10,15H,11-12H2,1-6H3,(H,22,23)/t15-/m0/s1. The van der Waals surface area contributed by atoms with Crippen LogP contribution >= 0.6 is 7.60 Å². The van der Waals surface area contributed by atoms with Crippen molar-refractivity contribution in [1.29, 1.82) is 0 Å². The van der Waals surface area contributed by atoms with Gasteiger partial charge in [0.25, 0.3) is 0 Å². The summed E-state index contributed by atoms with van der Waals surface area (Å²) in [4.78, 5) is 13.6. The van der Waals surface area contributed by atoms with Crippen LogP contribution in [-0.4, -0.2) is 28.3 Å². The van der Waals surface area contributed by atoms with E-state index in [9.17, 15) is 9.36 Å². The summed E-state index contributed by atoms with van der Waals surface area (Å²) in [7, 11) is -3.41. The van der Waals surface area contributed by atoms with Crippen molar-refractivity contribution in [2.75, 3.05) is 0 Å². The monoisotopic (exact) mass is 397 g/mol. The molecule has 1 N–H and O–H groups in total. The van der Waals surface area contributed by atoms with Crippen LogP contribution in [0.5, 0.6) is 0 Å². The molecule has 0 aliphatic carbocycles. The number of aliphatic carboxylic acids is 1. The minimum atomic E-state index is -3.41. The van der Waals surface area contributed by atoms with Crippen LogP contribution in [0, 0.1) is 0 Å². The lowest BCUT2D eigenvalue weighted by molar-refractivity contribution is -0.138. The van der Waals surface area contributed by atoms with E-state index in [1.807, 2.05) is 41.5 Å². The smallest absolute Gasteiger partial charge is 0.336 e. The molecule has 0 aliphatic heterocycles. The fraction of sp³-hybridized carbons (Fsp3) is 0.611. The maximum atomic E-state index is 13.3. The zero-order valence-corrected chi connectivity index (χ0v) is 17.6. The molecule has 0 heterocycles. The van der Waals surface area contributed by atoms with Gasteiger partial charge in [0, 0.05) is 4.91 Å². The molecule has 1 atom stereocenters. The van der Waals surface area contributed by atoms with Crippen LogP contribution in [0.3, 0.4) is 0 Å². The number of carboxylic acids is 1. The molecule has 1 aromatic carbocycles. The fourth-order valence-corrected chi connectivity index (χ4v) is 4.88. The highest BCUT2D eigenvalue weighted by atomic mass is 31.2. The molecule has 0 amide bonds. The Balaban J connectivity index is 2.99. The van der Waals surface area contributed by atoms with Gasteiger partial charge in [0.05, 0.1) is 17.4 Å². The Morgan fingerprint density at radius 1 is 1.11 bits per heavy atom. The molecule has 0 bridgehead atoms. The van der Waals surface area contributed by atoms with Gasteiger partial charge < -0.3 is 14.2 Å². The number of hydrogen-bond donors (Lipinski definition) is 1. The van der Waals surface area contributed by atoms with E-state index in [2.05, 4.69) is 10.0 Å². The molecule has 0 radical (unpaired) electrons. The van der Waals surface area contributed by atoms with E-state index >= 15 is 0 Å². The minimum Gasteiger partial charge on any atom is -0.481 e. The van der Waals surface area contributed by atoms with Gasteiger partial charge in [-0.3, -0.25) is 9.36 Å². The first-order valence-electron chi connectivity index (χ1n) is 8.58. The highest BCUT2D eigenvalue weighted by Crippen LogP contribution is 2.56. The van der Waals surface area contributed by atoms with Crippen LogP contribution in [0.4, 0.5) is 0 Å². The number of azide groups is 1. The van der Waals surface area contributed by atoms with E-state index in [0.717, 1.165) is 5.56 Å². The van der Waals surface area contributed by atoms with E-state index in [1.165, 1.54) is 0 Å². The van der Waals surface area contributed by atoms with Crippen molar-refractivity contribution in [2.45, 2.75) is 71.4 Å². The van der Waals surface area contributed by atoms with Crippen molar-refractivity contribution in [3.05, 3.63) is 45.8 Å². The molecule has 150 valence electrons. The van der Waals surface area contributed by atoms with Gasteiger partial charge in [-0.2, -0.15) is 0 Å². The molecular formula is C18H28N3O5P. The lowest BCUT2D eigenvalue weighted by Gasteiger charge is -2.32. The van der Waals surface area contributed by atoms with Gasteiger partial charge in [-0.05, 0) is 64.6 Å². The fourth-order valence-electron chi connectivity index (χ4n) is 2.39. The van der Waals surface area contributed by atoms with Crippen molar-refractivity contribution < 1.29 is 23.5 Å². The van der Waals surface area contributed by atoms with Gasteiger partial charge in [0.15, 0.2) is 0 Å². The third-order valence-electron chi connectivity index (χ3n) is 3.13. The molecule has 9 heteroatoms. The molecule has 1 aromatic rings. The van der Waals surface area contributed by atoms with Crippen LogP contribution in [-0.2, 0) is 31.0 Å². The molecular weight excluding hydrogens is 369 g/mol. The first-order chi connectivity index (χ1) is 12.2. The first kappa shape index (κ1) is 23.2. The molecule has 0 aromatic heterocycles. The summed E-state index contributed by atoms with van der Waals surface area (Å²) in [6.45, 7) is 10.9. The maximum Gasteiger partial charge on any atom is 0.336 e.